The molecule has 0 aliphatic carbocycles. The average Bonchev–Trinajstić information content (AvgIpc) is 2.98. The number of nitrogens with zero attached hydrogens (tertiary/aromatic N) is 2. The van der Waals surface area contributed by atoms with Crippen LogP contribution in [0.1, 0.15) is 21.7 Å². The number of carbonyl (C=O) groups excluding carboxylic acids is 2. The molecule has 0 unspecified atom stereocenters. The summed E-state index contributed by atoms with van der Waals surface area (Å²) in [7, 11) is 0. The molecule has 0 spiro atoms. The normalized spacial score (nSPS) is 10.3. The van der Waals surface area contributed by atoms with Crippen molar-refractivity contribution < 1.29 is 9.59 Å². The number of anilines is 2. The van der Waals surface area contributed by atoms with Crippen LogP contribution in [0.4, 0.5) is 11.4 Å². The second-order valence-corrected chi connectivity index (χ2v) is 6.12. The molecule has 138 valence electrons. The number of para-hydroxylation sites is 2. The lowest BCUT2D eigenvalue weighted by atomic mass is 10.1. The molecular formula is C20H21N5O2. The maximum Gasteiger partial charge on any atom is 0.271 e. The number of hydrogen-bond donors (Lipinski definition) is 3. The van der Waals surface area contributed by atoms with Crippen molar-refractivity contribution in [3.05, 3.63) is 77.6 Å². The van der Waals surface area contributed by atoms with Crippen molar-refractivity contribution in [3.63, 3.8) is 0 Å². The highest BCUT2D eigenvalue weighted by atomic mass is 16.2. The third kappa shape index (κ3) is 4.72. The van der Waals surface area contributed by atoms with Crippen LogP contribution in [-0.4, -0.2) is 21.6 Å². The molecular weight excluding hydrogens is 342 g/mol. The smallest absolute Gasteiger partial charge is 0.271 e. The van der Waals surface area contributed by atoms with Gasteiger partial charge in [-0.2, -0.15) is 5.10 Å². The van der Waals surface area contributed by atoms with E-state index in [4.69, 9.17) is 0 Å². The third-order valence-electron chi connectivity index (χ3n) is 3.94. The van der Waals surface area contributed by atoms with Crippen molar-refractivity contribution >= 4 is 23.2 Å². The first-order valence-electron chi connectivity index (χ1n) is 8.54. The SMILES string of the molecule is Cc1cc(C)n(CC(=O)NNC(=O)c2ccccc2Nc2ccccc2)n1. The van der Waals surface area contributed by atoms with E-state index in [1.807, 2.05) is 56.3 Å². The summed E-state index contributed by atoms with van der Waals surface area (Å²) in [5.41, 5.74) is 8.54. The maximum absolute atomic E-state index is 12.5. The monoisotopic (exact) mass is 363 g/mol. The van der Waals surface area contributed by atoms with Gasteiger partial charge in [-0.15, -0.1) is 0 Å². The first-order chi connectivity index (χ1) is 13.0. The highest BCUT2D eigenvalue weighted by Gasteiger charge is 2.13. The Morgan fingerprint density at radius 3 is 2.37 bits per heavy atom. The van der Waals surface area contributed by atoms with Crippen LogP contribution < -0.4 is 16.2 Å². The van der Waals surface area contributed by atoms with Crippen molar-refractivity contribution in [1.29, 1.82) is 0 Å². The molecule has 0 saturated carbocycles. The Balaban J connectivity index is 1.62. The molecule has 3 aromatic rings. The van der Waals surface area contributed by atoms with Crippen LogP contribution in [0.15, 0.2) is 60.7 Å². The van der Waals surface area contributed by atoms with Gasteiger partial charge in [0.15, 0.2) is 0 Å². The molecule has 0 aliphatic rings. The molecule has 2 amide bonds. The van der Waals surface area contributed by atoms with Crippen molar-refractivity contribution in [2.24, 2.45) is 0 Å². The molecule has 3 N–H and O–H groups in total. The first kappa shape index (κ1) is 18.2. The highest BCUT2D eigenvalue weighted by molar-refractivity contribution is 6.01. The first-order valence-corrected chi connectivity index (χ1v) is 8.54. The topological polar surface area (TPSA) is 88.0 Å². The summed E-state index contributed by atoms with van der Waals surface area (Å²) in [6.07, 6.45) is 0. The van der Waals surface area contributed by atoms with E-state index >= 15 is 0 Å². The van der Waals surface area contributed by atoms with E-state index in [1.165, 1.54) is 0 Å². The zero-order valence-electron chi connectivity index (χ0n) is 15.2. The Labute approximate surface area is 157 Å². The van der Waals surface area contributed by atoms with E-state index in [-0.39, 0.29) is 12.5 Å². The Morgan fingerprint density at radius 1 is 0.963 bits per heavy atom. The fourth-order valence-corrected chi connectivity index (χ4v) is 2.67. The number of hydrazine groups is 1. The standard InChI is InChI=1S/C20H21N5O2/c1-14-12-15(2)25(24-14)13-19(26)22-23-20(27)17-10-6-7-11-18(17)21-16-8-4-3-5-9-16/h3-12,21H,13H2,1-2H3,(H,22,26)(H,23,27). The number of hydrogen-bond acceptors (Lipinski definition) is 4. The van der Waals surface area contributed by atoms with Crippen LogP contribution in [0.3, 0.4) is 0 Å². The lowest BCUT2D eigenvalue weighted by molar-refractivity contribution is -0.122. The summed E-state index contributed by atoms with van der Waals surface area (Å²) in [6.45, 7) is 3.76. The summed E-state index contributed by atoms with van der Waals surface area (Å²) in [5.74, 6) is -0.765. The van der Waals surface area contributed by atoms with Gasteiger partial charge in [-0.1, -0.05) is 30.3 Å². The molecule has 1 heterocycles. The Kier molecular flexibility index (Phi) is 5.51. The third-order valence-corrected chi connectivity index (χ3v) is 3.94. The van der Waals surface area contributed by atoms with Crippen molar-refractivity contribution in [3.8, 4) is 0 Å². The quantitative estimate of drug-likeness (QED) is 0.608. The molecule has 0 saturated heterocycles. The second-order valence-electron chi connectivity index (χ2n) is 6.12. The van der Waals surface area contributed by atoms with Crippen molar-refractivity contribution in [2.45, 2.75) is 20.4 Å². The van der Waals surface area contributed by atoms with Gasteiger partial charge in [-0.05, 0) is 44.2 Å². The number of carbonyl (C=O) groups is 2. The highest BCUT2D eigenvalue weighted by Crippen LogP contribution is 2.20. The summed E-state index contributed by atoms with van der Waals surface area (Å²) in [6, 6.07) is 18.5. The van der Waals surface area contributed by atoms with Gasteiger partial charge >= 0.3 is 0 Å². The molecule has 0 bridgehead atoms. The van der Waals surface area contributed by atoms with Crippen molar-refractivity contribution in [1.82, 2.24) is 20.6 Å². The van der Waals surface area contributed by atoms with E-state index in [0.717, 1.165) is 17.1 Å². The molecule has 3 rings (SSSR count). The zero-order valence-corrected chi connectivity index (χ0v) is 15.2. The lowest BCUT2D eigenvalue weighted by Gasteiger charge is -2.13. The number of aromatic nitrogens is 2. The second kappa shape index (κ2) is 8.18. The van der Waals surface area contributed by atoms with Crippen LogP contribution in [0, 0.1) is 13.8 Å². The molecule has 2 aromatic carbocycles. The van der Waals surface area contributed by atoms with Crippen LogP contribution in [0.2, 0.25) is 0 Å². The van der Waals surface area contributed by atoms with Crippen LogP contribution in [0.25, 0.3) is 0 Å². The molecule has 0 radical (unpaired) electrons. The minimum atomic E-state index is -0.407. The van der Waals surface area contributed by atoms with Gasteiger partial charge < -0.3 is 5.32 Å². The summed E-state index contributed by atoms with van der Waals surface area (Å²) in [4.78, 5) is 24.6. The van der Waals surface area contributed by atoms with Gasteiger partial charge in [0, 0.05) is 11.4 Å². The number of rotatable bonds is 5. The van der Waals surface area contributed by atoms with Gasteiger partial charge in [0.05, 0.1) is 16.9 Å². The Bertz CT molecular complexity index is 950. The summed E-state index contributed by atoms with van der Waals surface area (Å²) in [5, 5.41) is 7.43. The van der Waals surface area contributed by atoms with Gasteiger partial charge in [0.2, 0.25) is 0 Å². The van der Waals surface area contributed by atoms with Gasteiger partial charge in [-0.25, -0.2) is 0 Å². The number of amides is 2. The van der Waals surface area contributed by atoms with E-state index in [1.54, 1.807) is 22.9 Å². The minimum Gasteiger partial charge on any atom is -0.355 e. The van der Waals surface area contributed by atoms with Crippen LogP contribution in [-0.2, 0) is 11.3 Å². The maximum atomic E-state index is 12.5. The van der Waals surface area contributed by atoms with Crippen molar-refractivity contribution in [2.75, 3.05) is 5.32 Å². The fourth-order valence-electron chi connectivity index (χ4n) is 2.67. The number of nitrogens with one attached hydrogen (secondary N) is 3. The van der Waals surface area contributed by atoms with E-state index in [2.05, 4.69) is 21.3 Å². The minimum absolute atomic E-state index is 0.0316. The average molecular weight is 363 g/mol. The Hall–Kier alpha value is -3.61. The van der Waals surface area contributed by atoms with E-state index < -0.39 is 5.91 Å². The molecule has 0 fully saturated rings. The van der Waals surface area contributed by atoms with Gasteiger partial charge in [0.25, 0.3) is 11.8 Å². The fraction of sp³-hybridized carbons (Fsp3) is 0.150. The zero-order chi connectivity index (χ0) is 19.2. The van der Waals surface area contributed by atoms with Crippen LogP contribution in [0.5, 0.6) is 0 Å². The number of aryl methyl sites for hydroxylation is 2. The lowest BCUT2D eigenvalue weighted by Crippen LogP contribution is -2.43. The van der Waals surface area contributed by atoms with Gasteiger partial charge in [0.1, 0.15) is 6.54 Å². The molecule has 1 aromatic heterocycles. The predicted octanol–water partition coefficient (Wildman–Crippen LogP) is 2.70. The van der Waals surface area contributed by atoms with E-state index in [0.29, 0.717) is 11.3 Å². The van der Waals surface area contributed by atoms with Gasteiger partial charge in [-0.3, -0.25) is 25.1 Å². The summed E-state index contributed by atoms with van der Waals surface area (Å²) < 4.78 is 1.59. The summed E-state index contributed by atoms with van der Waals surface area (Å²) >= 11 is 0. The molecule has 27 heavy (non-hydrogen) atoms. The molecule has 0 atom stereocenters. The molecule has 7 heteroatoms. The molecule has 7 nitrogen and oxygen atoms in total. The largest absolute Gasteiger partial charge is 0.355 e. The van der Waals surface area contributed by atoms with Crippen LogP contribution >= 0.6 is 0 Å². The molecule has 0 aliphatic heterocycles. The predicted molar refractivity (Wildman–Crippen MR) is 103 cm³/mol. The number of benzene rings is 2. The van der Waals surface area contributed by atoms with E-state index in [9.17, 15) is 9.59 Å². The Morgan fingerprint density at radius 2 is 1.67 bits per heavy atom.